The standard InChI is InChI=1S/C17H21NO4/c1-21-15(19)10-17-7-8-18(11-14(17)9-17)16(20)22-12-13-5-3-2-4-6-13/h2-6,14H,7-12H2,1H3. The Hall–Kier alpha value is -2.04. The molecule has 1 aromatic rings. The summed E-state index contributed by atoms with van der Waals surface area (Å²) in [4.78, 5) is 25.3. The number of carbonyl (C=O) groups is 2. The molecular weight excluding hydrogens is 282 g/mol. The van der Waals surface area contributed by atoms with Crippen molar-refractivity contribution in [2.75, 3.05) is 20.2 Å². The lowest BCUT2D eigenvalue weighted by Gasteiger charge is -2.30. The van der Waals surface area contributed by atoms with Crippen molar-refractivity contribution in [3.05, 3.63) is 35.9 Å². The Balaban J connectivity index is 1.47. The van der Waals surface area contributed by atoms with Gasteiger partial charge in [0.2, 0.25) is 0 Å². The first-order valence-electron chi connectivity index (χ1n) is 7.65. The molecule has 5 heteroatoms. The smallest absolute Gasteiger partial charge is 0.410 e. The van der Waals surface area contributed by atoms with Crippen LogP contribution in [0.1, 0.15) is 24.8 Å². The van der Waals surface area contributed by atoms with E-state index in [0.717, 1.165) is 18.4 Å². The maximum Gasteiger partial charge on any atom is 0.410 e. The molecule has 0 aromatic heterocycles. The second kappa shape index (κ2) is 5.99. The van der Waals surface area contributed by atoms with Crippen molar-refractivity contribution in [3.8, 4) is 0 Å². The molecule has 1 aliphatic carbocycles. The normalized spacial score (nSPS) is 26.0. The Morgan fingerprint density at radius 1 is 1.32 bits per heavy atom. The second-order valence-corrected chi connectivity index (χ2v) is 6.25. The number of hydrogen-bond acceptors (Lipinski definition) is 4. The molecule has 5 nitrogen and oxygen atoms in total. The molecule has 1 heterocycles. The molecule has 1 amide bonds. The highest BCUT2D eigenvalue weighted by Gasteiger charge is 2.58. The molecule has 22 heavy (non-hydrogen) atoms. The van der Waals surface area contributed by atoms with E-state index in [-0.39, 0.29) is 17.5 Å². The van der Waals surface area contributed by atoms with Crippen molar-refractivity contribution >= 4 is 12.1 Å². The molecule has 0 spiro atoms. The minimum atomic E-state index is -0.262. The van der Waals surface area contributed by atoms with Gasteiger partial charge in [-0.05, 0) is 29.7 Å². The topological polar surface area (TPSA) is 55.8 Å². The molecule has 3 rings (SSSR count). The van der Waals surface area contributed by atoms with Gasteiger partial charge in [0.15, 0.2) is 0 Å². The van der Waals surface area contributed by atoms with Gasteiger partial charge in [0.05, 0.1) is 13.5 Å². The molecule has 1 aromatic carbocycles. The van der Waals surface area contributed by atoms with Gasteiger partial charge in [-0.2, -0.15) is 0 Å². The molecule has 1 aliphatic heterocycles. The van der Waals surface area contributed by atoms with Crippen molar-refractivity contribution < 1.29 is 19.1 Å². The van der Waals surface area contributed by atoms with Gasteiger partial charge in [-0.3, -0.25) is 4.79 Å². The van der Waals surface area contributed by atoms with Gasteiger partial charge in [0, 0.05) is 13.1 Å². The van der Waals surface area contributed by atoms with Gasteiger partial charge in [0.25, 0.3) is 0 Å². The minimum absolute atomic E-state index is 0.0727. The van der Waals surface area contributed by atoms with Crippen LogP contribution in [0.25, 0.3) is 0 Å². The van der Waals surface area contributed by atoms with E-state index < -0.39 is 0 Å². The summed E-state index contributed by atoms with van der Waals surface area (Å²) in [5.74, 6) is 0.257. The summed E-state index contributed by atoms with van der Waals surface area (Å²) in [5, 5.41) is 0. The zero-order valence-electron chi connectivity index (χ0n) is 12.8. The predicted molar refractivity (Wildman–Crippen MR) is 80.0 cm³/mol. The Morgan fingerprint density at radius 3 is 2.77 bits per heavy atom. The third-order valence-corrected chi connectivity index (χ3v) is 4.87. The number of carbonyl (C=O) groups excluding carboxylic acids is 2. The van der Waals surface area contributed by atoms with E-state index in [1.165, 1.54) is 7.11 Å². The molecule has 0 bridgehead atoms. The molecule has 2 unspecified atom stereocenters. The summed E-state index contributed by atoms with van der Waals surface area (Å²) in [5.41, 5.74) is 1.06. The van der Waals surface area contributed by atoms with E-state index in [0.29, 0.717) is 32.0 Å². The van der Waals surface area contributed by atoms with Crippen LogP contribution in [0, 0.1) is 11.3 Å². The molecule has 2 atom stereocenters. The number of piperidine rings is 1. The average Bonchev–Trinajstić information content (AvgIpc) is 3.26. The largest absolute Gasteiger partial charge is 0.469 e. The monoisotopic (exact) mass is 303 g/mol. The summed E-state index contributed by atoms with van der Waals surface area (Å²) in [7, 11) is 1.42. The van der Waals surface area contributed by atoms with Crippen LogP contribution in [0.2, 0.25) is 0 Å². The molecule has 1 saturated heterocycles. The van der Waals surface area contributed by atoms with Crippen LogP contribution in [-0.4, -0.2) is 37.2 Å². The van der Waals surface area contributed by atoms with Crippen molar-refractivity contribution in [1.29, 1.82) is 0 Å². The molecule has 2 aliphatic rings. The lowest BCUT2D eigenvalue weighted by molar-refractivity contribution is -0.142. The number of methoxy groups -OCH3 is 1. The lowest BCUT2D eigenvalue weighted by Crippen LogP contribution is -2.40. The van der Waals surface area contributed by atoms with Crippen molar-refractivity contribution in [1.82, 2.24) is 4.90 Å². The van der Waals surface area contributed by atoms with E-state index in [1.54, 1.807) is 4.90 Å². The molecule has 118 valence electrons. The number of likely N-dealkylation sites (tertiary alicyclic amines) is 1. The van der Waals surface area contributed by atoms with E-state index in [1.807, 2.05) is 30.3 Å². The van der Waals surface area contributed by atoms with Crippen molar-refractivity contribution in [2.24, 2.45) is 11.3 Å². The van der Waals surface area contributed by atoms with E-state index in [2.05, 4.69) is 0 Å². The minimum Gasteiger partial charge on any atom is -0.469 e. The SMILES string of the molecule is COC(=O)CC12CCN(C(=O)OCc3ccccc3)CC1C2. The van der Waals surface area contributed by atoms with Crippen LogP contribution >= 0.6 is 0 Å². The number of nitrogens with zero attached hydrogens (tertiary/aromatic N) is 1. The van der Waals surface area contributed by atoms with E-state index in [9.17, 15) is 9.59 Å². The van der Waals surface area contributed by atoms with E-state index in [4.69, 9.17) is 9.47 Å². The first-order chi connectivity index (χ1) is 10.6. The highest BCUT2D eigenvalue weighted by atomic mass is 16.6. The Bertz CT molecular complexity index is 559. The van der Waals surface area contributed by atoms with Crippen molar-refractivity contribution in [2.45, 2.75) is 25.9 Å². The Kier molecular flexibility index (Phi) is 4.05. The van der Waals surface area contributed by atoms with Gasteiger partial charge < -0.3 is 14.4 Å². The maximum absolute atomic E-state index is 12.1. The second-order valence-electron chi connectivity index (χ2n) is 6.25. The predicted octanol–water partition coefficient (Wildman–Crippen LogP) is 2.60. The number of ether oxygens (including phenoxy) is 2. The zero-order valence-corrected chi connectivity index (χ0v) is 12.8. The lowest BCUT2D eigenvalue weighted by atomic mass is 9.92. The summed E-state index contributed by atoms with van der Waals surface area (Å²) in [6, 6.07) is 9.66. The van der Waals surface area contributed by atoms with Crippen LogP contribution < -0.4 is 0 Å². The van der Waals surface area contributed by atoms with Gasteiger partial charge in [-0.15, -0.1) is 0 Å². The Labute approximate surface area is 130 Å². The molecule has 0 radical (unpaired) electrons. The fourth-order valence-corrected chi connectivity index (χ4v) is 3.35. The number of esters is 1. The summed E-state index contributed by atoms with van der Waals surface area (Å²) in [6.07, 6.45) is 2.07. The van der Waals surface area contributed by atoms with Gasteiger partial charge >= 0.3 is 12.1 Å². The number of fused-ring (bicyclic) bond motifs is 1. The highest BCUT2D eigenvalue weighted by molar-refractivity contribution is 5.71. The fraction of sp³-hybridized carbons (Fsp3) is 0.529. The quantitative estimate of drug-likeness (QED) is 0.802. The number of rotatable bonds is 4. The summed E-state index contributed by atoms with van der Waals surface area (Å²) >= 11 is 0. The fourth-order valence-electron chi connectivity index (χ4n) is 3.35. The zero-order chi connectivity index (χ0) is 15.6. The van der Waals surface area contributed by atoms with Gasteiger partial charge in [0.1, 0.15) is 6.61 Å². The third kappa shape index (κ3) is 3.08. The molecule has 1 saturated carbocycles. The van der Waals surface area contributed by atoms with Crippen LogP contribution in [0.15, 0.2) is 30.3 Å². The molecular formula is C17H21NO4. The number of benzene rings is 1. The third-order valence-electron chi connectivity index (χ3n) is 4.87. The number of hydrogen-bond donors (Lipinski definition) is 0. The number of amides is 1. The van der Waals surface area contributed by atoms with Crippen molar-refractivity contribution in [3.63, 3.8) is 0 Å². The maximum atomic E-state index is 12.1. The van der Waals surface area contributed by atoms with E-state index >= 15 is 0 Å². The first kappa shape index (κ1) is 14.9. The Morgan fingerprint density at radius 2 is 2.09 bits per heavy atom. The first-order valence-corrected chi connectivity index (χ1v) is 7.65. The summed E-state index contributed by atoms with van der Waals surface area (Å²) < 4.78 is 10.1. The molecule has 2 fully saturated rings. The average molecular weight is 303 g/mol. The van der Waals surface area contributed by atoms with Gasteiger partial charge in [-0.25, -0.2) is 4.79 Å². The van der Waals surface area contributed by atoms with Gasteiger partial charge in [-0.1, -0.05) is 30.3 Å². The van der Waals surface area contributed by atoms with Crippen LogP contribution in [0.4, 0.5) is 4.79 Å². The highest BCUT2D eigenvalue weighted by Crippen LogP contribution is 2.60. The van der Waals surface area contributed by atoms with Crippen LogP contribution in [-0.2, 0) is 20.9 Å². The van der Waals surface area contributed by atoms with Crippen LogP contribution in [0.5, 0.6) is 0 Å². The van der Waals surface area contributed by atoms with Crippen LogP contribution in [0.3, 0.4) is 0 Å². The summed E-state index contributed by atoms with van der Waals surface area (Å²) in [6.45, 7) is 1.64. The molecule has 0 N–H and O–H groups in total.